The van der Waals surface area contributed by atoms with Gasteiger partial charge in [-0.2, -0.15) is 5.26 Å². The Kier molecular flexibility index (Phi) is 11.4. The number of aromatic hydroxyl groups is 1. The Morgan fingerprint density at radius 3 is 2.47 bits per heavy atom. The van der Waals surface area contributed by atoms with Crippen LogP contribution in [-0.4, -0.2) is 52.3 Å². The Balaban J connectivity index is 2.10. The number of halogens is 3. The summed E-state index contributed by atoms with van der Waals surface area (Å²) in [6.07, 6.45) is 1.65. The van der Waals surface area contributed by atoms with Gasteiger partial charge in [-0.15, -0.1) is 0 Å². The lowest BCUT2D eigenvalue weighted by Crippen LogP contribution is -2.43. The predicted molar refractivity (Wildman–Crippen MR) is 133 cm³/mol. The van der Waals surface area contributed by atoms with Crippen LogP contribution in [0.15, 0.2) is 41.4 Å². The maximum absolute atomic E-state index is 12.8. The summed E-state index contributed by atoms with van der Waals surface area (Å²) < 4.78 is 12.4. The fourth-order valence-electron chi connectivity index (χ4n) is 3.29. The van der Waals surface area contributed by atoms with E-state index in [0.29, 0.717) is 24.0 Å². The monoisotopic (exact) mass is 538 g/mol. The minimum atomic E-state index is -1.46. The summed E-state index contributed by atoms with van der Waals surface area (Å²) in [6.45, 7) is -1.04. The van der Waals surface area contributed by atoms with Crippen molar-refractivity contribution in [3.63, 3.8) is 0 Å². The Labute approximate surface area is 217 Å². The van der Waals surface area contributed by atoms with Crippen molar-refractivity contribution in [3.05, 3.63) is 63.1 Å². The number of phenolic OH excluding ortho intramolecular Hbond substituents is 1. The number of alkyl halides is 1. The molecule has 9 nitrogen and oxygen atoms in total. The SMILES string of the molecule is N#CNC(CCCF)=NC[C@H](NC(=O)c1c(Cl)cc(CCC(O)c2cccc(O)c2)cc1Cl)C(=O)O. The van der Waals surface area contributed by atoms with Crippen molar-refractivity contribution in [3.8, 4) is 11.9 Å². The number of aryl methyl sites for hydroxylation is 1. The van der Waals surface area contributed by atoms with Gasteiger partial charge >= 0.3 is 5.97 Å². The lowest BCUT2D eigenvalue weighted by atomic mass is 10.00. The van der Waals surface area contributed by atoms with Crippen LogP contribution in [0.2, 0.25) is 10.0 Å². The number of nitrogens with zero attached hydrogens (tertiary/aromatic N) is 2. The summed E-state index contributed by atoms with van der Waals surface area (Å²) in [5, 5.41) is 42.7. The summed E-state index contributed by atoms with van der Waals surface area (Å²) >= 11 is 12.5. The second kappa shape index (κ2) is 14.2. The number of nitrogens with one attached hydrogen (secondary N) is 2. The topological polar surface area (TPSA) is 155 Å². The number of carbonyl (C=O) groups is 2. The molecule has 0 aliphatic carbocycles. The number of hydrogen-bond acceptors (Lipinski definition) is 6. The Morgan fingerprint density at radius 2 is 1.89 bits per heavy atom. The van der Waals surface area contributed by atoms with Crippen molar-refractivity contribution in [2.24, 2.45) is 4.99 Å². The van der Waals surface area contributed by atoms with E-state index in [2.05, 4.69) is 15.6 Å². The van der Waals surface area contributed by atoms with E-state index in [1.165, 1.54) is 24.3 Å². The Morgan fingerprint density at radius 1 is 1.19 bits per heavy atom. The summed E-state index contributed by atoms with van der Waals surface area (Å²) in [5.41, 5.74) is 1.06. The van der Waals surface area contributed by atoms with Crippen LogP contribution < -0.4 is 10.6 Å². The van der Waals surface area contributed by atoms with Gasteiger partial charge in [0, 0.05) is 6.42 Å². The number of nitriles is 1. The van der Waals surface area contributed by atoms with Crippen molar-refractivity contribution >= 4 is 40.9 Å². The maximum atomic E-state index is 12.8. The third-order valence-corrected chi connectivity index (χ3v) is 5.70. The zero-order valence-corrected chi connectivity index (χ0v) is 20.6. The van der Waals surface area contributed by atoms with E-state index in [4.69, 9.17) is 28.5 Å². The first-order valence-electron chi connectivity index (χ1n) is 10.9. The average Bonchev–Trinajstić information content (AvgIpc) is 2.82. The summed E-state index contributed by atoms with van der Waals surface area (Å²) in [7, 11) is 0. The number of aliphatic imine (C=N–C) groups is 1. The second-order valence-corrected chi connectivity index (χ2v) is 8.58. The number of aliphatic hydroxyl groups is 1. The molecule has 1 amide bonds. The standard InChI is InChI=1S/C24H25Cl2FN4O5/c25-17-9-14(6-7-20(33)15-3-1-4-16(32)11-15)10-18(26)22(17)23(34)31-19(24(35)36)12-29-21(30-13-28)5-2-8-27/h1,3-4,9-11,19-20,32-33H,2,5-8,12H2,(H,29,30)(H,31,34)(H,35,36)/t19-,20?/m0/s1. The van der Waals surface area contributed by atoms with Crippen LogP contribution in [-0.2, 0) is 11.2 Å². The van der Waals surface area contributed by atoms with Crippen LogP contribution >= 0.6 is 23.2 Å². The van der Waals surface area contributed by atoms with Gasteiger partial charge < -0.3 is 20.6 Å². The minimum Gasteiger partial charge on any atom is -0.508 e. The molecule has 0 fully saturated rings. The predicted octanol–water partition coefficient (Wildman–Crippen LogP) is 3.77. The molecule has 192 valence electrons. The number of benzene rings is 2. The number of carboxylic acid groups (broad SMARTS) is 1. The number of carboxylic acids is 1. The van der Waals surface area contributed by atoms with Crippen molar-refractivity contribution in [1.29, 1.82) is 5.26 Å². The van der Waals surface area contributed by atoms with Crippen LogP contribution in [0, 0.1) is 11.5 Å². The van der Waals surface area contributed by atoms with Gasteiger partial charge in [-0.1, -0.05) is 35.3 Å². The van der Waals surface area contributed by atoms with E-state index in [9.17, 15) is 29.3 Å². The molecule has 2 aromatic rings. The molecular weight excluding hydrogens is 514 g/mol. The number of aliphatic carboxylic acids is 1. The molecule has 12 heteroatoms. The summed E-state index contributed by atoms with van der Waals surface area (Å²) in [5.74, 6) is -2.07. The molecule has 0 bridgehead atoms. The van der Waals surface area contributed by atoms with Gasteiger partial charge in [-0.05, 0) is 54.7 Å². The van der Waals surface area contributed by atoms with E-state index in [-0.39, 0.29) is 40.0 Å². The van der Waals surface area contributed by atoms with Crippen molar-refractivity contribution in [2.45, 2.75) is 37.8 Å². The highest BCUT2D eigenvalue weighted by molar-refractivity contribution is 6.39. The quantitative estimate of drug-likeness (QED) is 0.119. The fourth-order valence-corrected chi connectivity index (χ4v) is 3.99. The minimum absolute atomic E-state index is 0.00994. The summed E-state index contributed by atoms with van der Waals surface area (Å²) in [6, 6.07) is 7.80. The first-order valence-corrected chi connectivity index (χ1v) is 11.6. The van der Waals surface area contributed by atoms with Gasteiger partial charge in [0.25, 0.3) is 5.91 Å². The van der Waals surface area contributed by atoms with Gasteiger partial charge in [0.15, 0.2) is 6.19 Å². The van der Waals surface area contributed by atoms with Crippen molar-refractivity contribution < 1.29 is 29.3 Å². The van der Waals surface area contributed by atoms with E-state index in [1.807, 2.05) is 0 Å². The molecule has 0 saturated heterocycles. The Bertz CT molecular complexity index is 1130. The van der Waals surface area contributed by atoms with Crippen LogP contribution in [0.4, 0.5) is 4.39 Å². The normalized spacial score (nSPS) is 12.9. The Hall–Kier alpha value is -3.39. The van der Waals surface area contributed by atoms with Gasteiger partial charge in [0.2, 0.25) is 0 Å². The van der Waals surface area contributed by atoms with Crippen LogP contribution in [0.25, 0.3) is 0 Å². The molecule has 1 unspecified atom stereocenters. The van der Waals surface area contributed by atoms with Gasteiger partial charge in [-0.3, -0.25) is 19.5 Å². The molecule has 0 aliphatic heterocycles. The van der Waals surface area contributed by atoms with Gasteiger partial charge in [0.05, 0.1) is 34.9 Å². The number of phenols is 1. The molecule has 2 atom stereocenters. The smallest absolute Gasteiger partial charge is 0.328 e. The van der Waals surface area contributed by atoms with Crippen molar-refractivity contribution in [2.75, 3.05) is 13.2 Å². The van der Waals surface area contributed by atoms with E-state index >= 15 is 0 Å². The van der Waals surface area contributed by atoms with Crippen LogP contribution in [0.5, 0.6) is 5.75 Å². The number of amides is 1. The summed E-state index contributed by atoms with van der Waals surface area (Å²) in [4.78, 5) is 28.4. The molecule has 0 heterocycles. The molecule has 0 aromatic heterocycles. The number of hydrogen-bond donors (Lipinski definition) is 5. The molecule has 0 saturated carbocycles. The zero-order chi connectivity index (χ0) is 26.7. The number of amidine groups is 1. The largest absolute Gasteiger partial charge is 0.508 e. The maximum Gasteiger partial charge on any atom is 0.328 e. The lowest BCUT2D eigenvalue weighted by molar-refractivity contribution is -0.138. The first kappa shape index (κ1) is 28.8. The van der Waals surface area contributed by atoms with Gasteiger partial charge in [0.1, 0.15) is 17.6 Å². The van der Waals surface area contributed by atoms with E-state index in [0.717, 1.165) is 0 Å². The average molecular weight is 539 g/mol. The number of aliphatic hydroxyl groups excluding tert-OH is 1. The molecule has 36 heavy (non-hydrogen) atoms. The highest BCUT2D eigenvalue weighted by atomic mass is 35.5. The molecule has 0 spiro atoms. The highest BCUT2D eigenvalue weighted by Crippen LogP contribution is 2.29. The van der Waals surface area contributed by atoms with Crippen LogP contribution in [0.3, 0.4) is 0 Å². The molecule has 5 N–H and O–H groups in total. The van der Waals surface area contributed by atoms with Crippen LogP contribution in [0.1, 0.15) is 46.9 Å². The van der Waals surface area contributed by atoms with E-state index in [1.54, 1.807) is 18.3 Å². The first-order chi connectivity index (χ1) is 17.2. The second-order valence-electron chi connectivity index (χ2n) is 7.76. The molecule has 2 rings (SSSR count). The van der Waals surface area contributed by atoms with Crippen molar-refractivity contribution in [1.82, 2.24) is 10.6 Å². The molecule has 0 aliphatic rings. The lowest BCUT2D eigenvalue weighted by Gasteiger charge is -2.16. The van der Waals surface area contributed by atoms with Gasteiger partial charge in [-0.25, -0.2) is 4.79 Å². The molecule has 0 radical (unpaired) electrons. The number of carbonyl (C=O) groups excluding carboxylic acids is 1. The fraction of sp³-hybridized carbons (Fsp3) is 0.333. The number of rotatable bonds is 12. The molecular formula is C24H25Cl2FN4O5. The molecule has 2 aromatic carbocycles. The third-order valence-electron chi connectivity index (χ3n) is 5.11. The zero-order valence-electron chi connectivity index (χ0n) is 19.0. The van der Waals surface area contributed by atoms with E-state index < -0.39 is 37.2 Å². The third kappa shape index (κ3) is 8.68. The highest BCUT2D eigenvalue weighted by Gasteiger charge is 2.24.